The topological polar surface area (TPSA) is 20.2 Å². The molecule has 0 bridgehead atoms. The molecular formula is C6H3ClFIO. The summed E-state index contributed by atoms with van der Waals surface area (Å²) < 4.78 is 12.9. The van der Waals surface area contributed by atoms with Crippen LogP contribution < -0.4 is 0 Å². The number of rotatable bonds is 0. The van der Waals surface area contributed by atoms with Crippen molar-refractivity contribution in [1.82, 2.24) is 0 Å². The van der Waals surface area contributed by atoms with Crippen LogP contribution in [0.25, 0.3) is 0 Å². The van der Waals surface area contributed by atoms with E-state index in [4.69, 9.17) is 16.7 Å². The van der Waals surface area contributed by atoms with Crippen LogP contribution in [0.1, 0.15) is 0 Å². The van der Waals surface area contributed by atoms with E-state index in [0.717, 1.165) is 6.07 Å². The van der Waals surface area contributed by atoms with Crippen LogP contribution in [0.4, 0.5) is 4.39 Å². The Bertz CT molecular complexity index is 241. The standard InChI is InChI=1S/C6H3ClFIO/c7-6-4(9)1-3(8)2-5(6)10/h1-2,10H. The Hall–Kier alpha value is -0.0300. The van der Waals surface area contributed by atoms with Crippen molar-refractivity contribution < 1.29 is 9.50 Å². The smallest absolute Gasteiger partial charge is 0.138 e. The monoisotopic (exact) mass is 272 g/mol. The summed E-state index contributed by atoms with van der Waals surface area (Å²) in [6.07, 6.45) is 0. The number of phenols is 1. The van der Waals surface area contributed by atoms with Crippen molar-refractivity contribution in [2.45, 2.75) is 0 Å². The van der Waals surface area contributed by atoms with E-state index in [9.17, 15) is 4.39 Å². The lowest BCUT2D eigenvalue weighted by molar-refractivity contribution is 0.469. The van der Waals surface area contributed by atoms with E-state index in [1.54, 1.807) is 0 Å². The van der Waals surface area contributed by atoms with E-state index in [1.165, 1.54) is 6.07 Å². The molecule has 0 amide bonds. The Balaban J connectivity index is 3.31. The number of hydrogen-bond acceptors (Lipinski definition) is 1. The summed E-state index contributed by atoms with van der Waals surface area (Å²) in [6, 6.07) is 2.23. The number of hydrogen-bond donors (Lipinski definition) is 1. The molecule has 1 aromatic rings. The zero-order valence-corrected chi connectivity index (χ0v) is 7.65. The fourth-order valence-corrected chi connectivity index (χ4v) is 1.23. The van der Waals surface area contributed by atoms with Gasteiger partial charge in [0.05, 0.1) is 5.02 Å². The van der Waals surface area contributed by atoms with Gasteiger partial charge in [-0.3, -0.25) is 0 Å². The number of benzene rings is 1. The second-order valence-corrected chi connectivity index (χ2v) is 3.26. The zero-order valence-electron chi connectivity index (χ0n) is 4.74. The van der Waals surface area contributed by atoms with Gasteiger partial charge in [-0.25, -0.2) is 4.39 Å². The first-order valence-electron chi connectivity index (χ1n) is 2.45. The van der Waals surface area contributed by atoms with Crippen molar-refractivity contribution in [1.29, 1.82) is 0 Å². The number of halogens is 3. The van der Waals surface area contributed by atoms with Crippen LogP contribution in [0, 0.1) is 9.39 Å². The van der Waals surface area contributed by atoms with Crippen molar-refractivity contribution >= 4 is 34.2 Å². The molecule has 0 heterocycles. The van der Waals surface area contributed by atoms with Gasteiger partial charge in [-0.05, 0) is 28.7 Å². The van der Waals surface area contributed by atoms with Gasteiger partial charge in [0.15, 0.2) is 0 Å². The van der Waals surface area contributed by atoms with Crippen LogP contribution in [-0.2, 0) is 0 Å². The number of phenolic OH excluding ortho intramolecular Hbond substituents is 1. The third-order valence-electron chi connectivity index (χ3n) is 0.974. The quantitative estimate of drug-likeness (QED) is 0.569. The summed E-state index contributed by atoms with van der Waals surface area (Å²) >= 11 is 7.37. The molecule has 4 heteroatoms. The molecule has 0 spiro atoms. The van der Waals surface area contributed by atoms with Gasteiger partial charge in [0.2, 0.25) is 0 Å². The SMILES string of the molecule is Oc1cc(F)cc(I)c1Cl. The first-order chi connectivity index (χ1) is 4.61. The molecule has 0 fully saturated rings. The van der Waals surface area contributed by atoms with Crippen molar-refractivity contribution in [2.75, 3.05) is 0 Å². The summed E-state index contributed by atoms with van der Waals surface area (Å²) in [5.74, 6) is -0.697. The maximum Gasteiger partial charge on any atom is 0.138 e. The van der Waals surface area contributed by atoms with Gasteiger partial charge in [0.25, 0.3) is 0 Å². The Morgan fingerprint density at radius 1 is 1.50 bits per heavy atom. The molecule has 54 valence electrons. The Labute approximate surface area is 76.0 Å². The van der Waals surface area contributed by atoms with Crippen molar-refractivity contribution in [3.8, 4) is 5.75 Å². The van der Waals surface area contributed by atoms with Gasteiger partial charge in [-0.2, -0.15) is 0 Å². The average molecular weight is 272 g/mol. The molecule has 1 nitrogen and oxygen atoms in total. The van der Waals surface area contributed by atoms with Crippen molar-refractivity contribution in [3.05, 3.63) is 26.5 Å². The van der Waals surface area contributed by atoms with Crippen LogP contribution in [0.3, 0.4) is 0 Å². The highest BCUT2D eigenvalue weighted by Crippen LogP contribution is 2.28. The molecule has 0 aliphatic carbocycles. The lowest BCUT2D eigenvalue weighted by Gasteiger charge is -1.97. The molecule has 1 aromatic carbocycles. The molecule has 0 aromatic heterocycles. The van der Waals surface area contributed by atoms with E-state index >= 15 is 0 Å². The Morgan fingerprint density at radius 2 is 2.10 bits per heavy atom. The molecule has 1 N–H and O–H groups in total. The molecular weight excluding hydrogens is 269 g/mol. The summed E-state index contributed by atoms with van der Waals surface area (Å²) in [5, 5.41) is 9.10. The lowest BCUT2D eigenvalue weighted by Crippen LogP contribution is -1.79. The number of aromatic hydroxyl groups is 1. The molecule has 1 rings (SSSR count). The maximum absolute atomic E-state index is 12.4. The molecule has 0 radical (unpaired) electrons. The minimum Gasteiger partial charge on any atom is -0.506 e. The highest BCUT2D eigenvalue weighted by molar-refractivity contribution is 14.1. The van der Waals surface area contributed by atoms with Crippen molar-refractivity contribution in [3.63, 3.8) is 0 Å². The predicted molar refractivity (Wildman–Crippen MR) is 45.8 cm³/mol. The minimum absolute atomic E-state index is 0.196. The van der Waals surface area contributed by atoms with Gasteiger partial charge in [0.1, 0.15) is 11.6 Å². The fourth-order valence-electron chi connectivity index (χ4n) is 0.542. The van der Waals surface area contributed by atoms with Gasteiger partial charge in [0, 0.05) is 9.64 Å². The highest BCUT2D eigenvalue weighted by atomic mass is 127. The van der Waals surface area contributed by atoms with E-state index in [1.807, 2.05) is 22.6 Å². The second-order valence-electron chi connectivity index (χ2n) is 1.72. The molecule has 0 saturated heterocycles. The molecule has 0 unspecified atom stereocenters. The van der Waals surface area contributed by atoms with Gasteiger partial charge in [-0.1, -0.05) is 11.6 Å². The van der Waals surface area contributed by atoms with E-state index in [2.05, 4.69) is 0 Å². The first kappa shape index (κ1) is 8.07. The predicted octanol–water partition coefficient (Wildman–Crippen LogP) is 2.79. The normalized spacial score (nSPS) is 9.90. The second kappa shape index (κ2) is 2.92. The van der Waals surface area contributed by atoms with Crippen molar-refractivity contribution in [2.24, 2.45) is 0 Å². The van der Waals surface area contributed by atoms with E-state index in [0.29, 0.717) is 3.57 Å². The third kappa shape index (κ3) is 1.52. The highest BCUT2D eigenvalue weighted by Gasteiger charge is 2.04. The molecule has 10 heavy (non-hydrogen) atoms. The Morgan fingerprint density at radius 3 is 2.60 bits per heavy atom. The van der Waals surface area contributed by atoms with E-state index in [-0.39, 0.29) is 10.8 Å². The fraction of sp³-hybridized carbons (Fsp3) is 0. The summed E-state index contributed by atoms with van der Waals surface area (Å²) in [7, 11) is 0. The van der Waals surface area contributed by atoms with Gasteiger partial charge in [-0.15, -0.1) is 0 Å². The largest absolute Gasteiger partial charge is 0.506 e. The first-order valence-corrected chi connectivity index (χ1v) is 3.90. The molecule has 0 atom stereocenters. The van der Waals surface area contributed by atoms with Crippen LogP contribution in [0.5, 0.6) is 5.75 Å². The molecule has 0 aliphatic rings. The maximum atomic E-state index is 12.4. The van der Waals surface area contributed by atoms with E-state index < -0.39 is 5.82 Å². The summed E-state index contributed by atoms with van der Waals surface area (Å²) in [4.78, 5) is 0. The average Bonchev–Trinajstić information content (AvgIpc) is 1.82. The van der Waals surface area contributed by atoms with Gasteiger partial charge < -0.3 is 5.11 Å². The minimum atomic E-state index is -0.480. The summed E-state index contributed by atoms with van der Waals surface area (Å²) in [6.45, 7) is 0. The molecule has 0 aliphatic heterocycles. The van der Waals surface area contributed by atoms with Gasteiger partial charge >= 0.3 is 0 Å². The zero-order chi connectivity index (χ0) is 7.72. The Kier molecular flexibility index (Phi) is 2.36. The third-order valence-corrected chi connectivity index (χ3v) is 2.54. The van der Waals surface area contributed by atoms with Crippen LogP contribution in [0.2, 0.25) is 5.02 Å². The molecule has 0 saturated carbocycles. The summed E-state index contributed by atoms with van der Waals surface area (Å²) in [5.41, 5.74) is 0. The van der Waals surface area contributed by atoms with Crippen LogP contribution in [0.15, 0.2) is 12.1 Å². The lowest BCUT2D eigenvalue weighted by atomic mass is 10.3. The van der Waals surface area contributed by atoms with Crippen LogP contribution >= 0.6 is 34.2 Å². The van der Waals surface area contributed by atoms with Crippen LogP contribution in [-0.4, -0.2) is 5.11 Å².